The number of ether oxygens (including phenoxy) is 3. The Bertz CT molecular complexity index is 543. The number of esters is 1. The van der Waals surface area contributed by atoms with Crippen molar-refractivity contribution in [1.82, 2.24) is 0 Å². The van der Waals surface area contributed by atoms with Gasteiger partial charge in [-0.2, -0.15) is 0 Å². The van der Waals surface area contributed by atoms with Crippen molar-refractivity contribution in [3.05, 3.63) is 24.3 Å². The fourth-order valence-corrected chi connectivity index (χ4v) is 5.31. The van der Waals surface area contributed by atoms with E-state index in [0.29, 0.717) is 6.42 Å². The molecule has 3 rings (SSSR count). The van der Waals surface area contributed by atoms with E-state index < -0.39 is 6.10 Å². The Balaban J connectivity index is 1.36. The van der Waals surface area contributed by atoms with E-state index in [1.165, 1.54) is 58.5 Å². The van der Waals surface area contributed by atoms with Gasteiger partial charge >= 0.3 is 5.97 Å². The maximum atomic E-state index is 12.1. The molecule has 0 radical (unpaired) electrons. The Hall–Kier alpha value is -1.13. The first-order chi connectivity index (χ1) is 14.8. The average Bonchev–Trinajstić information content (AvgIpc) is 3.45. The zero-order chi connectivity index (χ0) is 21.0. The summed E-state index contributed by atoms with van der Waals surface area (Å²) < 4.78 is 16.4. The monoisotopic (exact) mass is 418 g/mol. The van der Waals surface area contributed by atoms with E-state index in [0.717, 1.165) is 56.5 Å². The molecule has 0 amide bonds. The van der Waals surface area contributed by atoms with Crippen LogP contribution in [0.4, 0.5) is 0 Å². The molecular weight excluding hydrogens is 376 g/mol. The summed E-state index contributed by atoms with van der Waals surface area (Å²) in [6.45, 7) is 0.718. The molecular formula is C26H42O4. The summed E-state index contributed by atoms with van der Waals surface area (Å²) in [7, 11) is 1.43. The third kappa shape index (κ3) is 7.85. The quantitative estimate of drug-likeness (QED) is 0.290. The van der Waals surface area contributed by atoms with Crippen LogP contribution in [0, 0.1) is 17.8 Å². The van der Waals surface area contributed by atoms with Gasteiger partial charge in [0.05, 0.1) is 7.11 Å². The topological polar surface area (TPSA) is 44.8 Å². The number of carbonyl (C=O) groups excluding carboxylic acids is 1. The van der Waals surface area contributed by atoms with Crippen LogP contribution < -0.4 is 0 Å². The molecule has 0 aromatic heterocycles. The van der Waals surface area contributed by atoms with Crippen LogP contribution in [-0.2, 0) is 19.0 Å². The second-order valence-corrected chi connectivity index (χ2v) is 9.40. The molecule has 2 saturated carbocycles. The van der Waals surface area contributed by atoms with E-state index in [1.54, 1.807) is 0 Å². The Morgan fingerprint density at radius 3 is 2.57 bits per heavy atom. The molecule has 0 aromatic carbocycles. The van der Waals surface area contributed by atoms with Crippen LogP contribution in [0.2, 0.25) is 0 Å². The van der Waals surface area contributed by atoms with E-state index in [-0.39, 0.29) is 12.3 Å². The normalized spacial score (nSPS) is 29.2. The molecule has 0 bridgehead atoms. The maximum Gasteiger partial charge on any atom is 0.335 e. The predicted molar refractivity (Wildman–Crippen MR) is 120 cm³/mol. The van der Waals surface area contributed by atoms with Gasteiger partial charge < -0.3 is 14.2 Å². The summed E-state index contributed by atoms with van der Waals surface area (Å²) in [5.41, 5.74) is 0. The zero-order valence-electron chi connectivity index (χ0n) is 18.9. The van der Waals surface area contributed by atoms with E-state index >= 15 is 0 Å². The molecule has 1 aliphatic heterocycles. The minimum absolute atomic E-state index is 0.262. The van der Waals surface area contributed by atoms with Crippen molar-refractivity contribution in [2.45, 2.75) is 102 Å². The molecule has 3 aliphatic rings. The number of hydrogen-bond donors (Lipinski definition) is 0. The predicted octanol–water partition coefficient (Wildman–Crippen LogP) is 6.35. The number of methoxy groups -OCH3 is 1. The van der Waals surface area contributed by atoms with Crippen molar-refractivity contribution in [2.75, 3.05) is 13.7 Å². The molecule has 2 unspecified atom stereocenters. The SMILES string of the molecule is COC(=O)C(CCC=CC[C@H]1CCC[C@@H]1C=CCC1CCCC1)OC1CCCCO1. The van der Waals surface area contributed by atoms with Gasteiger partial charge in [0.2, 0.25) is 0 Å². The van der Waals surface area contributed by atoms with Crippen LogP contribution in [0.3, 0.4) is 0 Å². The van der Waals surface area contributed by atoms with Crippen LogP contribution in [-0.4, -0.2) is 32.1 Å². The minimum Gasteiger partial charge on any atom is -0.467 e. The number of allylic oxidation sites excluding steroid dienone is 4. The number of rotatable bonds is 11. The van der Waals surface area contributed by atoms with Crippen LogP contribution in [0.5, 0.6) is 0 Å². The maximum absolute atomic E-state index is 12.1. The Kier molecular flexibility index (Phi) is 10.4. The highest BCUT2D eigenvalue weighted by Gasteiger charge is 2.26. The first-order valence-corrected chi connectivity index (χ1v) is 12.4. The van der Waals surface area contributed by atoms with Gasteiger partial charge in [0.15, 0.2) is 12.4 Å². The van der Waals surface area contributed by atoms with Gasteiger partial charge in [0.1, 0.15) is 0 Å². The van der Waals surface area contributed by atoms with Crippen molar-refractivity contribution >= 4 is 5.97 Å². The zero-order valence-corrected chi connectivity index (χ0v) is 18.9. The van der Waals surface area contributed by atoms with Gasteiger partial charge in [-0.15, -0.1) is 0 Å². The summed E-state index contributed by atoms with van der Waals surface area (Å²) in [5.74, 6) is 2.20. The third-order valence-corrected chi connectivity index (χ3v) is 7.16. The van der Waals surface area contributed by atoms with Crippen molar-refractivity contribution in [3.8, 4) is 0 Å². The highest BCUT2D eigenvalue weighted by Crippen LogP contribution is 2.36. The van der Waals surface area contributed by atoms with Gasteiger partial charge in [-0.1, -0.05) is 56.4 Å². The summed E-state index contributed by atoms with van der Waals surface area (Å²) in [6, 6.07) is 0. The molecule has 0 aromatic rings. The van der Waals surface area contributed by atoms with Crippen molar-refractivity contribution in [1.29, 1.82) is 0 Å². The molecule has 1 heterocycles. The summed E-state index contributed by atoms with van der Waals surface area (Å²) in [5, 5.41) is 0. The lowest BCUT2D eigenvalue weighted by atomic mass is 9.91. The van der Waals surface area contributed by atoms with E-state index in [2.05, 4.69) is 24.3 Å². The minimum atomic E-state index is -0.527. The lowest BCUT2D eigenvalue weighted by Crippen LogP contribution is -2.33. The summed E-state index contributed by atoms with van der Waals surface area (Å²) in [4.78, 5) is 12.1. The molecule has 1 saturated heterocycles. The van der Waals surface area contributed by atoms with Crippen LogP contribution in [0.1, 0.15) is 89.9 Å². The van der Waals surface area contributed by atoms with Crippen LogP contribution in [0.15, 0.2) is 24.3 Å². The fourth-order valence-electron chi connectivity index (χ4n) is 5.31. The van der Waals surface area contributed by atoms with Gasteiger partial charge in [0.25, 0.3) is 0 Å². The number of hydrogen-bond acceptors (Lipinski definition) is 4. The third-order valence-electron chi connectivity index (χ3n) is 7.16. The van der Waals surface area contributed by atoms with Crippen molar-refractivity contribution in [3.63, 3.8) is 0 Å². The Morgan fingerprint density at radius 1 is 0.967 bits per heavy atom. The van der Waals surface area contributed by atoms with Crippen molar-refractivity contribution < 1.29 is 19.0 Å². The summed E-state index contributed by atoms with van der Waals surface area (Å²) >= 11 is 0. The molecule has 4 atom stereocenters. The first-order valence-electron chi connectivity index (χ1n) is 12.4. The molecule has 3 fully saturated rings. The lowest BCUT2D eigenvalue weighted by Gasteiger charge is -2.26. The van der Waals surface area contributed by atoms with E-state index in [4.69, 9.17) is 14.2 Å². The Labute approximate surface area is 183 Å². The highest BCUT2D eigenvalue weighted by atomic mass is 16.7. The van der Waals surface area contributed by atoms with Gasteiger partial charge in [-0.3, -0.25) is 0 Å². The lowest BCUT2D eigenvalue weighted by molar-refractivity contribution is -0.203. The Morgan fingerprint density at radius 2 is 1.80 bits per heavy atom. The highest BCUT2D eigenvalue weighted by molar-refractivity contribution is 5.74. The standard InChI is InChI=1S/C26H42O4/c1-28-26(27)24(30-25-19-7-8-20-29-25)18-4-2-3-14-22-16-10-17-23(22)15-9-13-21-11-5-6-12-21/h2-3,9,15,21-25H,4-8,10-14,16-20H2,1H3/t22-,23-,24?,25?/m0/s1. The fraction of sp³-hybridized carbons (Fsp3) is 0.808. The molecule has 0 N–H and O–H groups in total. The summed E-state index contributed by atoms with van der Waals surface area (Å²) in [6.07, 6.45) is 25.5. The second-order valence-electron chi connectivity index (χ2n) is 9.40. The van der Waals surface area contributed by atoms with Gasteiger partial charge in [-0.25, -0.2) is 4.79 Å². The molecule has 4 heteroatoms. The van der Waals surface area contributed by atoms with Crippen molar-refractivity contribution in [2.24, 2.45) is 17.8 Å². The largest absolute Gasteiger partial charge is 0.467 e. The van der Waals surface area contributed by atoms with Crippen LogP contribution >= 0.6 is 0 Å². The van der Waals surface area contributed by atoms with E-state index in [9.17, 15) is 4.79 Å². The second kappa shape index (κ2) is 13.3. The molecule has 4 nitrogen and oxygen atoms in total. The molecule has 0 spiro atoms. The number of carbonyl (C=O) groups is 1. The molecule has 30 heavy (non-hydrogen) atoms. The first kappa shape index (κ1) is 23.5. The van der Waals surface area contributed by atoms with Crippen LogP contribution in [0.25, 0.3) is 0 Å². The average molecular weight is 419 g/mol. The van der Waals surface area contributed by atoms with Gasteiger partial charge in [-0.05, 0) is 75.5 Å². The smallest absolute Gasteiger partial charge is 0.335 e. The molecule has 2 aliphatic carbocycles. The molecule has 170 valence electrons. The van der Waals surface area contributed by atoms with E-state index in [1.807, 2.05) is 0 Å². The van der Waals surface area contributed by atoms with Gasteiger partial charge in [0, 0.05) is 6.61 Å².